The van der Waals surface area contributed by atoms with Gasteiger partial charge in [-0.05, 0) is 54.1 Å². The number of amides is 1. The second kappa shape index (κ2) is 10.1. The Balaban J connectivity index is 1.38. The zero-order valence-electron chi connectivity index (χ0n) is 17.3. The number of hydrogen-bond donors (Lipinski definition) is 0. The molecule has 0 saturated heterocycles. The first-order valence-electron chi connectivity index (χ1n) is 10.1. The van der Waals surface area contributed by atoms with E-state index in [1.54, 1.807) is 48.5 Å². The van der Waals surface area contributed by atoms with Gasteiger partial charge in [-0.15, -0.1) is 0 Å². The molecule has 33 heavy (non-hydrogen) atoms. The maximum absolute atomic E-state index is 12.8. The maximum Gasteiger partial charge on any atom is 0.344 e. The molecule has 1 aromatic heterocycles. The number of benzene rings is 2. The molecule has 0 N–H and O–H groups in total. The van der Waals surface area contributed by atoms with Crippen molar-refractivity contribution in [2.24, 2.45) is 5.10 Å². The third-order valence-electron chi connectivity index (χ3n) is 4.94. The topological polar surface area (TPSA) is 98.4 Å². The molecule has 4 rings (SSSR count). The Morgan fingerprint density at radius 2 is 1.85 bits per heavy atom. The van der Waals surface area contributed by atoms with Crippen LogP contribution in [0.15, 0.2) is 76.4 Å². The summed E-state index contributed by atoms with van der Waals surface area (Å²) in [6.07, 6.45) is 2.67. The molecule has 1 amide bonds. The van der Waals surface area contributed by atoms with Gasteiger partial charge in [0.1, 0.15) is 23.8 Å². The van der Waals surface area contributed by atoms with E-state index in [0.29, 0.717) is 40.5 Å². The second-order valence-electron chi connectivity index (χ2n) is 7.16. The molecule has 0 saturated carbocycles. The number of rotatable bonds is 8. The van der Waals surface area contributed by atoms with Crippen molar-refractivity contribution in [2.75, 3.05) is 13.2 Å². The summed E-state index contributed by atoms with van der Waals surface area (Å²) in [5, 5.41) is 6.33. The number of aldehydes is 1. The van der Waals surface area contributed by atoms with Gasteiger partial charge in [-0.3, -0.25) is 9.59 Å². The zero-order valence-corrected chi connectivity index (χ0v) is 18.1. The lowest BCUT2D eigenvalue weighted by molar-refractivity contribution is -0.154. The van der Waals surface area contributed by atoms with Crippen molar-refractivity contribution >= 4 is 35.5 Å². The van der Waals surface area contributed by atoms with Crippen LogP contribution in [0.3, 0.4) is 0 Å². The molecule has 0 radical (unpaired) electrons. The Morgan fingerprint density at radius 1 is 1.09 bits per heavy atom. The highest BCUT2D eigenvalue weighted by molar-refractivity contribution is 6.30. The number of hydrogen-bond acceptors (Lipinski definition) is 7. The van der Waals surface area contributed by atoms with Crippen molar-refractivity contribution in [1.82, 2.24) is 5.01 Å². The molecule has 9 heteroatoms. The van der Waals surface area contributed by atoms with Gasteiger partial charge >= 0.3 is 5.97 Å². The molecule has 0 aliphatic carbocycles. The number of halogens is 1. The average molecular weight is 467 g/mol. The van der Waals surface area contributed by atoms with E-state index >= 15 is 0 Å². The molecule has 2 aromatic carbocycles. The zero-order chi connectivity index (χ0) is 23.2. The first-order chi connectivity index (χ1) is 16.0. The van der Waals surface area contributed by atoms with Gasteiger partial charge in [-0.25, -0.2) is 9.80 Å². The number of nitrogens with zero attached hydrogens (tertiary/aromatic N) is 2. The number of esters is 1. The molecule has 1 aliphatic rings. The molecule has 1 aliphatic heterocycles. The summed E-state index contributed by atoms with van der Waals surface area (Å²) < 4.78 is 15.9. The molecular weight excluding hydrogens is 448 g/mol. The van der Waals surface area contributed by atoms with Crippen LogP contribution in [0.5, 0.6) is 5.75 Å². The van der Waals surface area contributed by atoms with Gasteiger partial charge < -0.3 is 13.9 Å². The van der Waals surface area contributed by atoms with Crippen LogP contribution in [0, 0.1) is 0 Å². The van der Waals surface area contributed by atoms with Crippen molar-refractivity contribution in [2.45, 2.75) is 12.5 Å². The van der Waals surface area contributed by atoms with Gasteiger partial charge in [-0.1, -0.05) is 23.7 Å². The summed E-state index contributed by atoms with van der Waals surface area (Å²) >= 11 is 5.96. The predicted molar refractivity (Wildman–Crippen MR) is 119 cm³/mol. The molecule has 168 valence electrons. The fraction of sp³-hybridized carbons (Fsp3) is 0.167. The third-order valence-corrected chi connectivity index (χ3v) is 5.20. The van der Waals surface area contributed by atoms with Crippen LogP contribution < -0.4 is 4.74 Å². The fourth-order valence-electron chi connectivity index (χ4n) is 3.29. The number of hydrazone groups is 1. The second-order valence-corrected chi connectivity index (χ2v) is 7.60. The summed E-state index contributed by atoms with van der Waals surface area (Å²) in [5.41, 5.74) is 2.01. The van der Waals surface area contributed by atoms with E-state index in [1.165, 1.54) is 11.3 Å². The minimum atomic E-state index is -0.710. The summed E-state index contributed by atoms with van der Waals surface area (Å²) in [5.74, 6) is -0.231. The lowest BCUT2D eigenvalue weighted by Gasteiger charge is -2.19. The Hall–Kier alpha value is -3.91. The first kappa shape index (κ1) is 22.3. The number of furan rings is 1. The largest absolute Gasteiger partial charge is 0.482 e. The van der Waals surface area contributed by atoms with Gasteiger partial charge in [0.15, 0.2) is 13.2 Å². The van der Waals surface area contributed by atoms with Crippen LogP contribution >= 0.6 is 11.6 Å². The summed E-state index contributed by atoms with van der Waals surface area (Å²) in [6.45, 7) is -0.879. The minimum Gasteiger partial charge on any atom is -0.482 e. The highest BCUT2D eigenvalue weighted by Gasteiger charge is 2.35. The lowest BCUT2D eigenvalue weighted by atomic mass is 10.0. The fourth-order valence-corrected chi connectivity index (χ4v) is 3.42. The predicted octanol–water partition coefficient (Wildman–Crippen LogP) is 4.05. The van der Waals surface area contributed by atoms with Crippen LogP contribution in [0.1, 0.15) is 34.1 Å². The molecular formula is C24H19ClN2O6. The molecule has 0 fully saturated rings. The van der Waals surface area contributed by atoms with E-state index in [4.69, 9.17) is 25.5 Å². The van der Waals surface area contributed by atoms with Crippen LogP contribution in [-0.4, -0.2) is 42.1 Å². The van der Waals surface area contributed by atoms with Gasteiger partial charge in [0, 0.05) is 17.0 Å². The quantitative estimate of drug-likeness (QED) is 0.367. The Labute approximate surface area is 194 Å². The molecule has 1 atom stereocenters. The summed E-state index contributed by atoms with van der Waals surface area (Å²) in [7, 11) is 0. The summed E-state index contributed by atoms with van der Waals surface area (Å²) in [4.78, 5) is 35.6. The van der Waals surface area contributed by atoms with Crippen molar-refractivity contribution in [3.63, 3.8) is 0 Å². The van der Waals surface area contributed by atoms with Crippen LogP contribution in [0.4, 0.5) is 0 Å². The van der Waals surface area contributed by atoms with Crippen molar-refractivity contribution < 1.29 is 28.3 Å². The number of ether oxygens (including phenoxy) is 2. The van der Waals surface area contributed by atoms with Gasteiger partial charge in [0.2, 0.25) is 0 Å². The standard InChI is InChI=1S/C24H19ClN2O6/c25-18-7-5-17(6-8-18)20-12-21(22-2-1-11-31-22)27(26-20)23(29)14-33-24(30)15-32-19-9-3-16(13-28)4-10-19/h1-11,13,21H,12,14-15H2. The Morgan fingerprint density at radius 3 is 2.52 bits per heavy atom. The van der Waals surface area contributed by atoms with E-state index in [2.05, 4.69) is 5.10 Å². The monoisotopic (exact) mass is 466 g/mol. The molecule has 0 bridgehead atoms. The van der Waals surface area contributed by atoms with Crippen molar-refractivity contribution in [3.05, 3.63) is 88.8 Å². The van der Waals surface area contributed by atoms with Crippen LogP contribution in [0.25, 0.3) is 0 Å². The molecule has 8 nitrogen and oxygen atoms in total. The third kappa shape index (κ3) is 5.48. The smallest absolute Gasteiger partial charge is 0.344 e. The highest BCUT2D eigenvalue weighted by atomic mass is 35.5. The van der Waals surface area contributed by atoms with Gasteiger partial charge in [-0.2, -0.15) is 5.10 Å². The molecule has 2 heterocycles. The average Bonchev–Trinajstić information content (AvgIpc) is 3.52. The van der Waals surface area contributed by atoms with Crippen molar-refractivity contribution in [1.29, 1.82) is 0 Å². The van der Waals surface area contributed by atoms with E-state index in [-0.39, 0.29) is 6.61 Å². The minimum absolute atomic E-state index is 0.380. The van der Waals surface area contributed by atoms with E-state index in [1.807, 2.05) is 12.1 Å². The Bertz CT molecular complexity index is 1160. The van der Waals surface area contributed by atoms with E-state index in [9.17, 15) is 14.4 Å². The molecule has 1 unspecified atom stereocenters. The van der Waals surface area contributed by atoms with Gasteiger partial charge in [0.25, 0.3) is 5.91 Å². The van der Waals surface area contributed by atoms with E-state index in [0.717, 1.165) is 5.56 Å². The van der Waals surface area contributed by atoms with Gasteiger partial charge in [0.05, 0.1) is 12.0 Å². The molecule has 0 spiro atoms. The normalized spacial score (nSPS) is 15.1. The van der Waals surface area contributed by atoms with Crippen LogP contribution in [-0.2, 0) is 14.3 Å². The highest BCUT2D eigenvalue weighted by Crippen LogP contribution is 2.33. The lowest BCUT2D eigenvalue weighted by Crippen LogP contribution is -2.32. The number of carbonyl (C=O) groups excluding carboxylic acids is 3. The Kier molecular flexibility index (Phi) is 6.85. The van der Waals surface area contributed by atoms with Crippen LogP contribution in [0.2, 0.25) is 5.02 Å². The van der Waals surface area contributed by atoms with Crippen molar-refractivity contribution in [3.8, 4) is 5.75 Å². The maximum atomic E-state index is 12.8. The first-order valence-corrected chi connectivity index (χ1v) is 10.4. The van der Waals surface area contributed by atoms with E-state index < -0.39 is 24.5 Å². The molecule has 3 aromatic rings. The number of carbonyl (C=O) groups is 3. The summed E-state index contributed by atoms with van der Waals surface area (Å²) in [6, 6.07) is 16.5. The SMILES string of the molecule is O=Cc1ccc(OCC(=O)OCC(=O)N2N=C(c3ccc(Cl)cc3)CC2c2ccco2)cc1.